The minimum Gasteiger partial charge on any atom is -0.345 e. The minimum absolute atomic E-state index is 0.0695. The normalized spacial score (nSPS) is 24.8. The highest BCUT2D eigenvalue weighted by Crippen LogP contribution is 2.37. The van der Waals surface area contributed by atoms with Crippen molar-refractivity contribution in [2.45, 2.75) is 51.9 Å². The molecule has 104 valence electrons. The summed E-state index contributed by atoms with van der Waals surface area (Å²) >= 11 is 0. The van der Waals surface area contributed by atoms with Crippen LogP contribution in [-0.2, 0) is 4.79 Å². The predicted molar refractivity (Wildman–Crippen MR) is 74.4 cm³/mol. The first kappa shape index (κ1) is 13.9. The maximum atomic E-state index is 12.6. The highest BCUT2D eigenvalue weighted by atomic mass is 16.2. The van der Waals surface area contributed by atoms with Gasteiger partial charge in [0.25, 0.3) is 0 Å². The number of rotatable bonds is 3. The lowest BCUT2D eigenvalue weighted by molar-refractivity contribution is -0.142. The van der Waals surface area contributed by atoms with Gasteiger partial charge in [0.1, 0.15) is 0 Å². The van der Waals surface area contributed by atoms with E-state index in [-0.39, 0.29) is 5.41 Å². The second-order valence-electron chi connectivity index (χ2n) is 6.50. The predicted octanol–water partition coefficient (Wildman–Crippen LogP) is 2.41. The number of carbonyl (C=O) groups excluding carboxylic acids is 1. The molecule has 0 bridgehead atoms. The van der Waals surface area contributed by atoms with Crippen molar-refractivity contribution in [2.24, 2.45) is 11.3 Å². The molecule has 3 heteroatoms. The second kappa shape index (κ2) is 6.05. The Bertz CT molecular complexity index is 278. The van der Waals surface area contributed by atoms with Crippen molar-refractivity contribution in [3.63, 3.8) is 0 Å². The quantitative estimate of drug-likeness (QED) is 0.836. The first-order valence-electron chi connectivity index (χ1n) is 7.58. The Balaban J connectivity index is 1.86. The lowest BCUT2D eigenvalue weighted by Gasteiger charge is -2.37. The minimum atomic E-state index is -0.0695. The van der Waals surface area contributed by atoms with Gasteiger partial charge in [0.2, 0.25) is 5.91 Å². The first-order chi connectivity index (χ1) is 8.62. The number of hydrogen-bond acceptors (Lipinski definition) is 2. The molecule has 1 aliphatic heterocycles. The van der Waals surface area contributed by atoms with Gasteiger partial charge in [0.15, 0.2) is 0 Å². The van der Waals surface area contributed by atoms with Crippen LogP contribution >= 0.6 is 0 Å². The van der Waals surface area contributed by atoms with Gasteiger partial charge in [-0.1, -0.05) is 26.2 Å². The molecule has 0 atom stereocenters. The molecule has 18 heavy (non-hydrogen) atoms. The summed E-state index contributed by atoms with van der Waals surface area (Å²) in [5, 5.41) is 3.38. The van der Waals surface area contributed by atoms with Crippen molar-refractivity contribution in [2.75, 3.05) is 26.7 Å². The van der Waals surface area contributed by atoms with Crippen LogP contribution in [0.5, 0.6) is 0 Å². The zero-order chi connectivity index (χ0) is 13.0. The van der Waals surface area contributed by atoms with Gasteiger partial charge < -0.3 is 10.2 Å². The molecule has 0 radical (unpaired) electrons. The Hall–Kier alpha value is -0.570. The summed E-state index contributed by atoms with van der Waals surface area (Å²) in [6.45, 7) is 5.36. The van der Waals surface area contributed by atoms with Crippen LogP contribution in [0.2, 0.25) is 0 Å². The van der Waals surface area contributed by atoms with Gasteiger partial charge in [-0.2, -0.15) is 0 Å². The van der Waals surface area contributed by atoms with Crippen molar-refractivity contribution in [3.05, 3.63) is 0 Å². The zero-order valence-corrected chi connectivity index (χ0v) is 12.0. The summed E-state index contributed by atoms with van der Waals surface area (Å²) in [4.78, 5) is 14.6. The monoisotopic (exact) mass is 252 g/mol. The molecule has 1 aliphatic carbocycles. The van der Waals surface area contributed by atoms with Crippen LogP contribution in [0, 0.1) is 11.3 Å². The zero-order valence-electron chi connectivity index (χ0n) is 12.0. The SMILES string of the molecule is CN(CC1CCNCC1)C(=O)C1(C)CCCCC1. The van der Waals surface area contributed by atoms with Gasteiger partial charge in [0.05, 0.1) is 0 Å². The van der Waals surface area contributed by atoms with Gasteiger partial charge in [0, 0.05) is 19.0 Å². The molecule has 0 aromatic carbocycles. The van der Waals surface area contributed by atoms with Crippen LogP contribution in [0.3, 0.4) is 0 Å². The van der Waals surface area contributed by atoms with Crippen LogP contribution in [0.15, 0.2) is 0 Å². The summed E-state index contributed by atoms with van der Waals surface area (Å²) in [6.07, 6.45) is 8.36. The Morgan fingerprint density at radius 3 is 2.44 bits per heavy atom. The maximum absolute atomic E-state index is 12.6. The molecule has 1 saturated carbocycles. The van der Waals surface area contributed by atoms with Gasteiger partial charge in [-0.3, -0.25) is 4.79 Å². The Morgan fingerprint density at radius 1 is 1.22 bits per heavy atom. The fraction of sp³-hybridized carbons (Fsp3) is 0.933. The Kier molecular flexibility index (Phi) is 4.66. The van der Waals surface area contributed by atoms with Crippen LogP contribution < -0.4 is 5.32 Å². The Labute approximate surface area is 111 Å². The molecule has 2 aliphatic rings. The number of piperidine rings is 1. The van der Waals surface area contributed by atoms with E-state index in [1.54, 1.807) is 0 Å². The van der Waals surface area contributed by atoms with E-state index in [4.69, 9.17) is 0 Å². The number of nitrogens with one attached hydrogen (secondary N) is 1. The molecule has 0 spiro atoms. The van der Waals surface area contributed by atoms with Crippen LogP contribution in [0.25, 0.3) is 0 Å². The van der Waals surface area contributed by atoms with Crippen molar-refractivity contribution in [1.82, 2.24) is 10.2 Å². The lowest BCUT2D eigenvalue weighted by Crippen LogP contribution is -2.44. The molecule has 1 N–H and O–H groups in total. The smallest absolute Gasteiger partial charge is 0.228 e. The van der Waals surface area contributed by atoms with Crippen LogP contribution in [-0.4, -0.2) is 37.5 Å². The standard InChI is InChI=1S/C15H28N2O/c1-15(8-4-3-5-9-15)14(18)17(2)12-13-6-10-16-11-7-13/h13,16H,3-12H2,1-2H3. The molecule has 1 heterocycles. The van der Waals surface area contributed by atoms with E-state index in [1.807, 2.05) is 11.9 Å². The fourth-order valence-corrected chi connectivity index (χ4v) is 3.54. The maximum Gasteiger partial charge on any atom is 0.228 e. The third-order valence-corrected chi connectivity index (χ3v) is 4.81. The van der Waals surface area contributed by atoms with Crippen molar-refractivity contribution in [1.29, 1.82) is 0 Å². The van der Waals surface area contributed by atoms with E-state index in [0.29, 0.717) is 11.8 Å². The molecule has 2 rings (SSSR count). The molecule has 2 fully saturated rings. The number of nitrogens with zero attached hydrogens (tertiary/aromatic N) is 1. The third kappa shape index (κ3) is 3.25. The summed E-state index contributed by atoms with van der Waals surface area (Å²) < 4.78 is 0. The second-order valence-corrected chi connectivity index (χ2v) is 6.50. The van der Waals surface area contributed by atoms with E-state index >= 15 is 0 Å². The van der Waals surface area contributed by atoms with Crippen LogP contribution in [0.4, 0.5) is 0 Å². The average molecular weight is 252 g/mol. The van der Waals surface area contributed by atoms with E-state index in [1.165, 1.54) is 32.1 Å². The number of carbonyl (C=O) groups is 1. The molecule has 1 saturated heterocycles. The summed E-state index contributed by atoms with van der Waals surface area (Å²) in [6, 6.07) is 0. The molecule has 0 aromatic heterocycles. The number of hydrogen-bond donors (Lipinski definition) is 1. The van der Waals surface area contributed by atoms with E-state index in [2.05, 4.69) is 12.2 Å². The molecule has 1 amide bonds. The number of amides is 1. The molecule has 3 nitrogen and oxygen atoms in total. The molecule has 0 unspecified atom stereocenters. The topological polar surface area (TPSA) is 32.3 Å². The third-order valence-electron chi connectivity index (χ3n) is 4.81. The largest absolute Gasteiger partial charge is 0.345 e. The van der Waals surface area contributed by atoms with Crippen molar-refractivity contribution in [3.8, 4) is 0 Å². The lowest BCUT2D eigenvalue weighted by atomic mass is 9.74. The van der Waals surface area contributed by atoms with E-state index in [9.17, 15) is 4.79 Å². The van der Waals surface area contributed by atoms with Gasteiger partial charge in [-0.15, -0.1) is 0 Å². The van der Waals surface area contributed by atoms with E-state index in [0.717, 1.165) is 32.5 Å². The average Bonchev–Trinajstić information content (AvgIpc) is 2.40. The summed E-state index contributed by atoms with van der Waals surface area (Å²) in [5.41, 5.74) is -0.0695. The highest BCUT2D eigenvalue weighted by molar-refractivity contribution is 5.82. The fourth-order valence-electron chi connectivity index (χ4n) is 3.54. The van der Waals surface area contributed by atoms with Crippen molar-refractivity contribution < 1.29 is 4.79 Å². The first-order valence-corrected chi connectivity index (χ1v) is 7.58. The Morgan fingerprint density at radius 2 is 1.83 bits per heavy atom. The molecular formula is C15H28N2O. The molecule has 0 aromatic rings. The van der Waals surface area contributed by atoms with Crippen LogP contribution in [0.1, 0.15) is 51.9 Å². The van der Waals surface area contributed by atoms with Gasteiger partial charge in [-0.25, -0.2) is 0 Å². The van der Waals surface area contributed by atoms with Gasteiger partial charge in [-0.05, 0) is 44.7 Å². The highest BCUT2D eigenvalue weighted by Gasteiger charge is 2.36. The van der Waals surface area contributed by atoms with Gasteiger partial charge >= 0.3 is 0 Å². The van der Waals surface area contributed by atoms with Crippen molar-refractivity contribution >= 4 is 5.91 Å². The van der Waals surface area contributed by atoms with E-state index < -0.39 is 0 Å². The summed E-state index contributed by atoms with van der Waals surface area (Å²) in [7, 11) is 2.00. The molecular weight excluding hydrogens is 224 g/mol. The summed E-state index contributed by atoms with van der Waals surface area (Å²) in [5.74, 6) is 1.09.